The Balaban J connectivity index is 1.94. The molecule has 86 valence electrons. The van der Waals surface area contributed by atoms with Gasteiger partial charge in [0.15, 0.2) is 0 Å². The first-order valence-electron chi connectivity index (χ1n) is 5.86. The molecule has 0 amide bonds. The van der Waals surface area contributed by atoms with Crippen LogP contribution in [0.5, 0.6) is 0 Å². The molecule has 0 spiro atoms. The Morgan fingerprint density at radius 3 is 2.56 bits per heavy atom. The monoisotopic (exact) mass is 220 g/mol. The van der Waals surface area contributed by atoms with Gasteiger partial charge in [-0.15, -0.1) is 0 Å². The highest BCUT2D eigenvalue weighted by Crippen LogP contribution is 2.53. The minimum atomic E-state index is 0.100. The highest BCUT2D eigenvalue weighted by molar-refractivity contribution is 5.34. The molecular weight excluding hydrogens is 204 g/mol. The van der Waals surface area contributed by atoms with Gasteiger partial charge in [0.05, 0.1) is 12.6 Å². The summed E-state index contributed by atoms with van der Waals surface area (Å²) in [6, 6.07) is 0.100. The van der Waals surface area contributed by atoms with Gasteiger partial charge in [0, 0.05) is 0 Å². The summed E-state index contributed by atoms with van der Waals surface area (Å²) in [4.78, 5) is 27.8. The number of hydrogen-bond donors (Lipinski definition) is 0. The standard InChI is InChI=1S/C12H16N2O2/c1-8(14-7-16)12-4-9-2-10(12)3-11(9)5-13-6-15/h8-12H,2-5H2,1H3. The van der Waals surface area contributed by atoms with E-state index in [1.807, 2.05) is 6.92 Å². The maximum Gasteiger partial charge on any atom is 0.235 e. The maximum atomic E-state index is 10.2. The third-order valence-electron chi connectivity index (χ3n) is 4.32. The second-order valence-corrected chi connectivity index (χ2v) is 5.04. The number of hydrogen-bond acceptors (Lipinski definition) is 4. The smallest absolute Gasteiger partial charge is 0.211 e. The molecule has 0 heterocycles. The first kappa shape index (κ1) is 11.3. The van der Waals surface area contributed by atoms with Crippen LogP contribution in [0.15, 0.2) is 9.98 Å². The van der Waals surface area contributed by atoms with Crippen LogP contribution in [-0.2, 0) is 9.59 Å². The van der Waals surface area contributed by atoms with Crippen molar-refractivity contribution in [2.24, 2.45) is 33.7 Å². The van der Waals surface area contributed by atoms with Crippen LogP contribution in [0.25, 0.3) is 0 Å². The molecular formula is C12H16N2O2. The molecule has 2 saturated carbocycles. The maximum absolute atomic E-state index is 10.2. The van der Waals surface area contributed by atoms with Gasteiger partial charge in [0.2, 0.25) is 12.2 Å². The SMILES string of the molecule is CC(N=C=O)C1CC2CC1CC2CN=C=O. The van der Waals surface area contributed by atoms with Crippen LogP contribution in [0, 0.1) is 23.7 Å². The minimum absolute atomic E-state index is 0.100. The fraction of sp³-hybridized carbons (Fsp3) is 0.833. The van der Waals surface area contributed by atoms with E-state index in [2.05, 4.69) is 9.98 Å². The van der Waals surface area contributed by atoms with Crippen LogP contribution in [0.4, 0.5) is 0 Å². The first-order valence-corrected chi connectivity index (χ1v) is 5.86. The molecule has 2 bridgehead atoms. The predicted molar refractivity (Wildman–Crippen MR) is 58.4 cm³/mol. The number of fused-ring (bicyclic) bond motifs is 2. The summed E-state index contributed by atoms with van der Waals surface area (Å²) in [5, 5.41) is 0. The summed E-state index contributed by atoms with van der Waals surface area (Å²) in [6.07, 6.45) is 6.72. The van der Waals surface area contributed by atoms with Crippen molar-refractivity contribution in [1.82, 2.24) is 0 Å². The number of isocyanates is 2. The molecule has 2 aliphatic rings. The number of rotatable bonds is 4. The van der Waals surface area contributed by atoms with E-state index in [-0.39, 0.29) is 6.04 Å². The minimum Gasteiger partial charge on any atom is -0.211 e. The molecule has 4 heteroatoms. The lowest BCUT2D eigenvalue weighted by molar-refractivity contribution is 0.238. The first-order chi connectivity index (χ1) is 7.76. The van der Waals surface area contributed by atoms with Gasteiger partial charge < -0.3 is 0 Å². The normalized spacial score (nSPS) is 37.6. The zero-order valence-corrected chi connectivity index (χ0v) is 9.43. The van der Waals surface area contributed by atoms with Crippen molar-refractivity contribution in [3.63, 3.8) is 0 Å². The molecule has 0 aromatic heterocycles. The average molecular weight is 220 g/mol. The quantitative estimate of drug-likeness (QED) is 0.535. The van der Waals surface area contributed by atoms with Gasteiger partial charge in [-0.25, -0.2) is 19.6 Å². The zero-order chi connectivity index (χ0) is 11.5. The van der Waals surface area contributed by atoms with Crippen LogP contribution in [0.3, 0.4) is 0 Å². The fourth-order valence-electron chi connectivity index (χ4n) is 3.59. The summed E-state index contributed by atoms with van der Waals surface area (Å²) in [7, 11) is 0. The zero-order valence-electron chi connectivity index (χ0n) is 9.43. The number of aliphatic imine (C=N–C) groups is 2. The van der Waals surface area contributed by atoms with Crippen molar-refractivity contribution >= 4 is 12.2 Å². The van der Waals surface area contributed by atoms with Gasteiger partial charge in [0.25, 0.3) is 0 Å². The molecule has 0 saturated heterocycles. The van der Waals surface area contributed by atoms with Crippen LogP contribution in [-0.4, -0.2) is 24.7 Å². The second kappa shape index (κ2) is 4.73. The van der Waals surface area contributed by atoms with E-state index in [4.69, 9.17) is 0 Å². The van der Waals surface area contributed by atoms with Gasteiger partial charge in [-0.05, 0) is 49.9 Å². The Hall–Kier alpha value is -1.24. The van der Waals surface area contributed by atoms with E-state index >= 15 is 0 Å². The van der Waals surface area contributed by atoms with Crippen LogP contribution >= 0.6 is 0 Å². The third-order valence-corrected chi connectivity index (χ3v) is 4.32. The highest BCUT2D eigenvalue weighted by atomic mass is 16.1. The van der Waals surface area contributed by atoms with Gasteiger partial charge in [0.1, 0.15) is 0 Å². The largest absolute Gasteiger partial charge is 0.235 e. The van der Waals surface area contributed by atoms with Crippen molar-refractivity contribution in [2.45, 2.75) is 32.2 Å². The third kappa shape index (κ3) is 1.99. The molecule has 0 aromatic carbocycles. The lowest BCUT2D eigenvalue weighted by Crippen LogP contribution is -2.26. The molecule has 5 unspecified atom stereocenters. The van der Waals surface area contributed by atoms with Gasteiger partial charge in [-0.3, -0.25) is 0 Å². The Labute approximate surface area is 94.9 Å². The molecule has 5 atom stereocenters. The van der Waals surface area contributed by atoms with E-state index in [0.717, 1.165) is 12.8 Å². The van der Waals surface area contributed by atoms with Crippen molar-refractivity contribution < 1.29 is 9.59 Å². The molecule has 0 N–H and O–H groups in total. The number of nitrogens with zero attached hydrogens (tertiary/aromatic N) is 2. The molecule has 2 aliphatic carbocycles. The Kier molecular flexibility index (Phi) is 3.33. The number of carbonyl (C=O) groups excluding carboxylic acids is 2. The molecule has 4 nitrogen and oxygen atoms in total. The van der Waals surface area contributed by atoms with E-state index in [0.29, 0.717) is 30.2 Å². The van der Waals surface area contributed by atoms with Gasteiger partial charge in [-0.2, -0.15) is 0 Å². The lowest BCUT2D eigenvalue weighted by Gasteiger charge is -2.28. The van der Waals surface area contributed by atoms with Crippen molar-refractivity contribution in [1.29, 1.82) is 0 Å². The summed E-state index contributed by atoms with van der Waals surface area (Å²) in [5.74, 6) is 2.40. The Bertz CT molecular complexity index is 356. The average Bonchev–Trinajstić information content (AvgIpc) is 2.85. The lowest BCUT2D eigenvalue weighted by atomic mass is 9.79. The summed E-state index contributed by atoms with van der Waals surface area (Å²) in [5.41, 5.74) is 0. The van der Waals surface area contributed by atoms with Crippen LogP contribution < -0.4 is 0 Å². The summed E-state index contributed by atoms with van der Waals surface area (Å²) < 4.78 is 0. The Morgan fingerprint density at radius 2 is 2.00 bits per heavy atom. The summed E-state index contributed by atoms with van der Waals surface area (Å²) in [6.45, 7) is 2.62. The Morgan fingerprint density at radius 1 is 1.19 bits per heavy atom. The molecule has 0 aromatic rings. The van der Waals surface area contributed by atoms with E-state index in [9.17, 15) is 9.59 Å². The van der Waals surface area contributed by atoms with Crippen molar-refractivity contribution in [3.8, 4) is 0 Å². The highest BCUT2D eigenvalue weighted by Gasteiger charge is 2.47. The van der Waals surface area contributed by atoms with E-state index in [1.165, 1.54) is 6.42 Å². The molecule has 2 fully saturated rings. The predicted octanol–water partition coefficient (Wildman–Crippen LogP) is 1.71. The molecule has 0 aliphatic heterocycles. The van der Waals surface area contributed by atoms with Crippen LogP contribution in [0.1, 0.15) is 26.2 Å². The molecule has 16 heavy (non-hydrogen) atoms. The second-order valence-electron chi connectivity index (χ2n) is 5.04. The van der Waals surface area contributed by atoms with E-state index < -0.39 is 0 Å². The van der Waals surface area contributed by atoms with Gasteiger partial charge >= 0.3 is 0 Å². The van der Waals surface area contributed by atoms with E-state index in [1.54, 1.807) is 12.2 Å². The molecule has 2 rings (SSSR count). The summed E-state index contributed by atoms with van der Waals surface area (Å²) >= 11 is 0. The van der Waals surface area contributed by atoms with Crippen molar-refractivity contribution in [2.75, 3.05) is 6.54 Å². The fourth-order valence-corrected chi connectivity index (χ4v) is 3.59. The van der Waals surface area contributed by atoms with Gasteiger partial charge in [-0.1, -0.05) is 0 Å². The van der Waals surface area contributed by atoms with Crippen molar-refractivity contribution in [3.05, 3.63) is 0 Å². The topological polar surface area (TPSA) is 58.9 Å². The van der Waals surface area contributed by atoms with Crippen LogP contribution in [0.2, 0.25) is 0 Å². The molecule has 0 radical (unpaired) electrons.